The molecule has 132 valence electrons. The minimum Gasteiger partial charge on any atom is -0.356 e. The van der Waals surface area contributed by atoms with Crippen LogP contribution in [0, 0.1) is 0 Å². The Bertz CT molecular complexity index is 633. The normalized spacial score (nSPS) is 11.1. The molecule has 0 atom stereocenters. The largest absolute Gasteiger partial charge is 0.356 e. The predicted octanol–water partition coefficient (Wildman–Crippen LogP) is 4.47. The Hall–Kier alpha value is -1.84. The zero-order valence-corrected chi connectivity index (χ0v) is 15.2. The Balaban J connectivity index is 1.82. The molecule has 0 aliphatic heterocycles. The van der Waals surface area contributed by atoms with Gasteiger partial charge in [-0.1, -0.05) is 38.8 Å². The zero-order valence-electron chi connectivity index (χ0n) is 15.2. The van der Waals surface area contributed by atoms with Gasteiger partial charge in [0.05, 0.1) is 11.0 Å². The number of hydrogen-bond donors (Lipinski definition) is 1. The number of carbonyl (C=O) groups is 1. The molecule has 0 saturated carbocycles. The van der Waals surface area contributed by atoms with Gasteiger partial charge in [0, 0.05) is 25.9 Å². The van der Waals surface area contributed by atoms with Crippen LogP contribution in [-0.2, 0) is 17.8 Å². The van der Waals surface area contributed by atoms with E-state index in [1.807, 2.05) is 6.92 Å². The number of unbranched alkanes of at least 4 members (excludes halogenated alkanes) is 3. The zero-order chi connectivity index (χ0) is 17.2. The van der Waals surface area contributed by atoms with Crippen LogP contribution in [0.3, 0.4) is 0 Å². The standard InChI is InChI=1S/C20H31N3O/c1-3-5-16-23-18-13-9-8-12-17(18)22-19(23)14-7-6-10-15-21-20(24)11-4-2/h8-9,12-13H,3-7,10-11,14-16H2,1-2H3,(H,21,24). The minimum absolute atomic E-state index is 0.179. The minimum atomic E-state index is 0.179. The Morgan fingerprint density at radius 2 is 1.92 bits per heavy atom. The summed E-state index contributed by atoms with van der Waals surface area (Å²) >= 11 is 0. The van der Waals surface area contributed by atoms with Crippen molar-refractivity contribution < 1.29 is 4.79 Å². The number of para-hydroxylation sites is 2. The number of aromatic nitrogens is 2. The lowest BCUT2D eigenvalue weighted by Gasteiger charge is -2.09. The van der Waals surface area contributed by atoms with Crippen molar-refractivity contribution in [1.82, 2.24) is 14.9 Å². The second-order valence-corrected chi connectivity index (χ2v) is 6.43. The van der Waals surface area contributed by atoms with Crippen LogP contribution in [0.1, 0.15) is 64.6 Å². The maximum Gasteiger partial charge on any atom is 0.219 e. The first-order valence-corrected chi connectivity index (χ1v) is 9.47. The average Bonchev–Trinajstić information content (AvgIpc) is 2.94. The third-order valence-corrected chi connectivity index (χ3v) is 4.35. The molecule has 4 nitrogen and oxygen atoms in total. The van der Waals surface area contributed by atoms with Crippen LogP contribution in [0.25, 0.3) is 11.0 Å². The van der Waals surface area contributed by atoms with E-state index in [0.29, 0.717) is 6.42 Å². The van der Waals surface area contributed by atoms with E-state index in [1.54, 1.807) is 0 Å². The van der Waals surface area contributed by atoms with E-state index in [1.165, 1.54) is 24.2 Å². The van der Waals surface area contributed by atoms with Crippen LogP contribution in [0.15, 0.2) is 24.3 Å². The molecule has 0 aliphatic carbocycles. The fourth-order valence-electron chi connectivity index (χ4n) is 3.01. The van der Waals surface area contributed by atoms with Gasteiger partial charge in [-0.05, 0) is 37.8 Å². The van der Waals surface area contributed by atoms with Gasteiger partial charge < -0.3 is 9.88 Å². The van der Waals surface area contributed by atoms with E-state index in [-0.39, 0.29) is 5.91 Å². The van der Waals surface area contributed by atoms with Crippen LogP contribution in [0.5, 0.6) is 0 Å². The highest BCUT2D eigenvalue weighted by molar-refractivity contribution is 5.76. The third-order valence-electron chi connectivity index (χ3n) is 4.35. The molecule has 0 radical (unpaired) electrons. The molecule has 0 spiro atoms. The van der Waals surface area contributed by atoms with Crippen LogP contribution in [0.2, 0.25) is 0 Å². The quantitative estimate of drug-likeness (QED) is 0.618. The first-order valence-electron chi connectivity index (χ1n) is 9.47. The maximum atomic E-state index is 11.4. The summed E-state index contributed by atoms with van der Waals surface area (Å²) in [6, 6.07) is 8.42. The van der Waals surface area contributed by atoms with E-state index < -0.39 is 0 Å². The Labute approximate surface area is 145 Å². The molecule has 2 rings (SSSR count). The molecule has 1 N–H and O–H groups in total. The number of amides is 1. The molecule has 0 bridgehead atoms. The summed E-state index contributed by atoms with van der Waals surface area (Å²) in [5.74, 6) is 1.39. The van der Waals surface area contributed by atoms with Crippen molar-refractivity contribution in [3.63, 3.8) is 0 Å². The molecule has 2 aromatic rings. The van der Waals surface area contributed by atoms with Crippen LogP contribution in [0.4, 0.5) is 0 Å². The highest BCUT2D eigenvalue weighted by atomic mass is 16.1. The van der Waals surface area contributed by atoms with Crippen LogP contribution >= 0.6 is 0 Å². The summed E-state index contributed by atoms with van der Waals surface area (Å²) in [6.07, 6.45) is 8.26. The first-order chi connectivity index (χ1) is 11.8. The van der Waals surface area contributed by atoms with Gasteiger partial charge in [0.1, 0.15) is 5.82 Å². The second-order valence-electron chi connectivity index (χ2n) is 6.43. The number of nitrogens with one attached hydrogen (secondary N) is 1. The van der Waals surface area contributed by atoms with Crippen LogP contribution < -0.4 is 5.32 Å². The summed E-state index contributed by atoms with van der Waals surface area (Å²) in [7, 11) is 0. The predicted molar refractivity (Wildman–Crippen MR) is 100 cm³/mol. The van der Waals surface area contributed by atoms with Gasteiger partial charge in [-0.3, -0.25) is 4.79 Å². The summed E-state index contributed by atoms with van der Waals surface area (Å²) < 4.78 is 2.39. The van der Waals surface area contributed by atoms with E-state index in [9.17, 15) is 4.79 Å². The number of rotatable bonds is 11. The van der Waals surface area contributed by atoms with Crippen molar-refractivity contribution in [2.24, 2.45) is 0 Å². The Kier molecular flexibility index (Phi) is 7.80. The highest BCUT2D eigenvalue weighted by Crippen LogP contribution is 2.18. The molecular weight excluding hydrogens is 298 g/mol. The lowest BCUT2D eigenvalue weighted by atomic mass is 10.2. The molecule has 1 aromatic carbocycles. The fourth-order valence-corrected chi connectivity index (χ4v) is 3.01. The van der Waals surface area contributed by atoms with Gasteiger partial charge >= 0.3 is 0 Å². The molecule has 4 heteroatoms. The molecule has 0 aliphatic rings. The summed E-state index contributed by atoms with van der Waals surface area (Å²) in [5.41, 5.74) is 2.36. The summed E-state index contributed by atoms with van der Waals surface area (Å²) in [5, 5.41) is 2.98. The molecule has 1 aromatic heterocycles. The smallest absolute Gasteiger partial charge is 0.219 e. The average molecular weight is 329 g/mol. The summed E-state index contributed by atoms with van der Waals surface area (Å²) in [4.78, 5) is 16.2. The number of benzene rings is 1. The van der Waals surface area contributed by atoms with Crippen molar-refractivity contribution in [1.29, 1.82) is 0 Å². The van der Waals surface area contributed by atoms with Crippen LogP contribution in [-0.4, -0.2) is 22.0 Å². The maximum absolute atomic E-state index is 11.4. The van der Waals surface area contributed by atoms with Crippen molar-refractivity contribution >= 4 is 16.9 Å². The number of nitrogens with zero attached hydrogens (tertiary/aromatic N) is 2. The van der Waals surface area contributed by atoms with Gasteiger partial charge in [-0.2, -0.15) is 0 Å². The Morgan fingerprint density at radius 3 is 2.71 bits per heavy atom. The van der Waals surface area contributed by atoms with Crippen molar-refractivity contribution in [3.8, 4) is 0 Å². The first kappa shape index (κ1) is 18.5. The van der Waals surface area contributed by atoms with E-state index >= 15 is 0 Å². The Morgan fingerprint density at radius 1 is 1.08 bits per heavy atom. The fraction of sp³-hybridized carbons (Fsp3) is 0.600. The van der Waals surface area contributed by atoms with Crippen molar-refractivity contribution in [2.45, 2.75) is 71.8 Å². The topological polar surface area (TPSA) is 46.9 Å². The number of fused-ring (bicyclic) bond motifs is 1. The van der Waals surface area contributed by atoms with Crippen molar-refractivity contribution in [2.75, 3.05) is 6.54 Å². The molecular formula is C20H31N3O. The SMILES string of the molecule is CCCCn1c(CCCCCNC(=O)CCC)nc2ccccc21. The van der Waals surface area contributed by atoms with Crippen molar-refractivity contribution in [3.05, 3.63) is 30.1 Å². The van der Waals surface area contributed by atoms with E-state index in [2.05, 4.69) is 41.1 Å². The number of imidazole rings is 1. The molecule has 1 amide bonds. The lowest BCUT2D eigenvalue weighted by molar-refractivity contribution is -0.121. The third kappa shape index (κ3) is 5.36. The van der Waals surface area contributed by atoms with Gasteiger partial charge in [0.2, 0.25) is 5.91 Å². The van der Waals surface area contributed by atoms with E-state index in [4.69, 9.17) is 4.98 Å². The molecule has 0 unspecified atom stereocenters. The lowest BCUT2D eigenvalue weighted by Crippen LogP contribution is -2.23. The highest BCUT2D eigenvalue weighted by Gasteiger charge is 2.09. The van der Waals surface area contributed by atoms with Gasteiger partial charge in [0.15, 0.2) is 0 Å². The summed E-state index contributed by atoms with van der Waals surface area (Å²) in [6.45, 7) is 6.11. The van der Waals surface area contributed by atoms with Gasteiger partial charge in [-0.15, -0.1) is 0 Å². The number of carbonyl (C=O) groups excluding carboxylic acids is 1. The van der Waals surface area contributed by atoms with Gasteiger partial charge in [0.25, 0.3) is 0 Å². The number of aryl methyl sites for hydroxylation is 2. The van der Waals surface area contributed by atoms with E-state index in [0.717, 1.165) is 50.7 Å². The number of hydrogen-bond acceptors (Lipinski definition) is 2. The molecule has 1 heterocycles. The monoisotopic (exact) mass is 329 g/mol. The molecule has 24 heavy (non-hydrogen) atoms. The molecule has 0 fully saturated rings. The molecule has 0 saturated heterocycles. The van der Waals surface area contributed by atoms with Gasteiger partial charge in [-0.25, -0.2) is 4.98 Å². The second kappa shape index (κ2) is 10.1.